The van der Waals surface area contributed by atoms with Gasteiger partial charge in [-0.15, -0.1) is 11.8 Å². The number of amides is 1. The zero-order valence-electron chi connectivity index (χ0n) is 13.9. The maximum Gasteiger partial charge on any atom is 0.232 e. The summed E-state index contributed by atoms with van der Waals surface area (Å²) in [5.41, 5.74) is 2.24. The molecule has 0 aliphatic carbocycles. The van der Waals surface area contributed by atoms with Gasteiger partial charge < -0.3 is 10.1 Å². The Morgan fingerprint density at radius 1 is 1.25 bits per heavy atom. The topological polar surface area (TPSA) is 38.3 Å². The Kier molecular flexibility index (Phi) is 7.47. The molecule has 0 bridgehead atoms. The molecular weight excluding hydrogens is 342 g/mol. The van der Waals surface area contributed by atoms with Gasteiger partial charge in [-0.1, -0.05) is 48.0 Å². The lowest BCUT2D eigenvalue weighted by atomic mass is 10.2. The van der Waals surface area contributed by atoms with Crippen molar-refractivity contribution in [2.75, 3.05) is 13.2 Å². The molecule has 0 saturated heterocycles. The van der Waals surface area contributed by atoms with Gasteiger partial charge in [0.2, 0.25) is 5.91 Å². The smallest absolute Gasteiger partial charge is 0.232 e. The first kappa shape index (κ1) is 18.7. The van der Waals surface area contributed by atoms with Crippen LogP contribution < -0.4 is 10.1 Å². The lowest BCUT2D eigenvalue weighted by Crippen LogP contribution is -2.34. The molecule has 1 N–H and O–H groups in total. The summed E-state index contributed by atoms with van der Waals surface area (Å²) in [5, 5.41) is 3.48. The summed E-state index contributed by atoms with van der Waals surface area (Å²) in [4.78, 5) is 12.1. The number of carbonyl (C=O) groups excluding carboxylic acids is 1. The number of benzene rings is 2. The predicted molar refractivity (Wildman–Crippen MR) is 102 cm³/mol. The molecule has 128 valence electrons. The van der Waals surface area contributed by atoms with E-state index in [1.165, 1.54) is 5.56 Å². The average Bonchev–Trinajstić information content (AvgIpc) is 2.60. The summed E-state index contributed by atoms with van der Waals surface area (Å²) < 4.78 is 5.60. The fourth-order valence-corrected chi connectivity index (χ4v) is 3.06. The molecule has 1 atom stereocenters. The minimum Gasteiger partial charge on any atom is -0.492 e. The monoisotopic (exact) mass is 363 g/mol. The van der Waals surface area contributed by atoms with Crippen molar-refractivity contribution in [1.82, 2.24) is 5.32 Å². The molecule has 0 aliphatic heterocycles. The van der Waals surface area contributed by atoms with Gasteiger partial charge in [0.05, 0.1) is 11.8 Å². The van der Waals surface area contributed by atoms with E-state index < -0.39 is 0 Å². The Labute approximate surface area is 152 Å². The number of hydrogen-bond acceptors (Lipinski definition) is 3. The number of halogens is 1. The molecule has 2 rings (SSSR count). The van der Waals surface area contributed by atoms with Gasteiger partial charge in [0, 0.05) is 10.8 Å². The van der Waals surface area contributed by atoms with E-state index in [1.54, 1.807) is 17.8 Å². The van der Waals surface area contributed by atoms with Crippen molar-refractivity contribution < 1.29 is 9.53 Å². The standard InChI is InChI=1S/C19H22ClNO2S/c1-14-8-9-17(12-18(14)20)23-11-10-21-19(22)15(2)24-13-16-6-4-3-5-7-16/h3-9,12,15H,10-11,13H2,1-2H3,(H,21,22). The first-order valence-electron chi connectivity index (χ1n) is 7.88. The number of rotatable bonds is 8. The van der Waals surface area contributed by atoms with Crippen molar-refractivity contribution in [1.29, 1.82) is 0 Å². The molecule has 24 heavy (non-hydrogen) atoms. The largest absolute Gasteiger partial charge is 0.492 e. The van der Waals surface area contributed by atoms with E-state index in [0.29, 0.717) is 23.9 Å². The molecule has 1 amide bonds. The zero-order valence-corrected chi connectivity index (χ0v) is 15.5. The number of thioether (sulfide) groups is 1. The third-order valence-corrected chi connectivity index (χ3v) is 5.15. The van der Waals surface area contributed by atoms with Crippen LogP contribution in [0.25, 0.3) is 0 Å². The average molecular weight is 364 g/mol. The molecule has 1 unspecified atom stereocenters. The molecule has 2 aromatic carbocycles. The predicted octanol–water partition coefficient (Wildman–Crippen LogP) is 4.47. The second-order valence-corrected chi connectivity index (χ2v) is 7.23. The van der Waals surface area contributed by atoms with Gasteiger partial charge in [0.25, 0.3) is 0 Å². The summed E-state index contributed by atoms with van der Waals surface area (Å²) in [6, 6.07) is 15.7. The van der Waals surface area contributed by atoms with Crippen molar-refractivity contribution in [3.05, 3.63) is 64.7 Å². The summed E-state index contributed by atoms with van der Waals surface area (Å²) in [6.07, 6.45) is 0. The maximum absolute atomic E-state index is 12.1. The van der Waals surface area contributed by atoms with E-state index >= 15 is 0 Å². The number of hydrogen-bond donors (Lipinski definition) is 1. The molecule has 0 aliphatic rings. The molecule has 0 saturated carbocycles. The number of nitrogens with one attached hydrogen (secondary N) is 1. The Balaban J connectivity index is 1.66. The SMILES string of the molecule is Cc1ccc(OCCNC(=O)C(C)SCc2ccccc2)cc1Cl. The first-order chi connectivity index (χ1) is 11.6. The van der Waals surface area contributed by atoms with Gasteiger partial charge in [-0.25, -0.2) is 0 Å². The van der Waals surface area contributed by atoms with Crippen LogP contribution in [0, 0.1) is 6.92 Å². The van der Waals surface area contributed by atoms with Crippen LogP contribution in [0.1, 0.15) is 18.1 Å². The van der Waals surface area contributed by atoms with Crippen molar-refractivity contribution in [3.8, 4) is 5.75 Å². The van der Waals surface area contributed by atoms with Crippen LogP contribution in [0.4, 0.5) is 0 Å². The lowest BCUT2D eigenvalue weighted by Gasteiger charge is -2.13. The van der Waals surface area contributed by atoms with Crippen molar-refractivity contribution in [2.45, 2.75) is 24.9 Å². The van der Waals surface area contributed by atoms with Crippen LogP contribution in [0.3, 0.4) is 0 Å². The summed E-state index contributed by atoms with van der Waals surface area (Å²) in [6.45, 7) is 4.76. The lowest BCUT2D eigenvalue weighted by molar-refractivity contribution is -0.120. The van der Waals surface area contributed by atoms with Crippen molar-refractivity contribution in [3.63, 3.8) is 0 Å². The third-order valence-electron chi connectivity index (χ3n) is 3.53. The van der Waals surface area contributed by atoms with Crippen LogP contribution >= 0.6 is 23.4 Å². The minimum absolute atomic E-state index is 0.0291. The number of ether oxygens (including phenoxy) is 1. The van der Waals surface area contributed by atoms with Crippen molar-refractivity contribution in [2.24, 2.45) is 0 Å². The molecule has 3 nitrogen and oxygen atoms in total. The molecule has 0 radical (unpaired) electrons. The normalized spacial score (nSPS) is 11.8. The van der Waals surface area contributed by atoms with Gasteiger partial charge in [-0.3, -0.25) is 4.79 Å². The second kappa shape index (κ2) is 9.60. The molecule has 5 heteroatoms. The Morgan fingerprint density at radius 3 is 2.71 bits per heavy atom. The highest BCUT2D eigenvalue weighted by molar-refractivity contribution is 7.99. The maximum atomic E-state index is 12.1. The summed E-state index contributed by atoms with van der Waals surface area (Å²) in [5.74, 6) is 1.57. The number of aryl methyl sites for hydroxylation is 1. The molecule has 0 aromatic heterocycles. The molecule has 0 fully saturated rings. The zero-order chi connectivity index (χ0) is 17.4. The van der Waals surface area contributed by atoms with Crippen molar-refractivity contribution >= 4 is 29.3 Å². The van der Waals surface area contributed by atoms with Crippen LogP contribution in [-0.4, -0.2) is 24.3 Å². The molecule has 0 spiro atoms. The highest BCUT2D eigenvalue weighted by atomic mass is 35.5. The van der Waals surface area contributed by atoms with Gasteiger partial charge in [0.1, 0.15) is 12.4 Å². The quantitative estimate of drug-likeness (QED) is 0.703. The van der Waals surface area contributed by atoms with Gasteiger partial charge in [0.15, 0.2) is 0 Å². The third kappa shape index (κ3) is 6.10. The Morgan fingerprint density at radius 2 is 2.00 bits per heavy atom. The van der Waals surface area contributed by atoms with E-state index in [9.17, 15) is 4.79 Å². The van der Waals surface area contributed by atoms with Gasteiger partial charge in [-0.2, -0.15) is 0 Å². The van der Waals surface area contributed by atoms with Gasteiger partial charge in [-0.05, 0) is 37.1 Å². The van der Waals surface area contributed by atoms with Gasteiger partial charge >= 0.3 is 0 Å². The Hall–Kier alpha value is -1.65. The fourth-order valence-electron chi connectivity index (χ4n) is 2.02. The van der Waals surface area contributed by atoms with E-state index in [2.05, 4.69) is 17.4 Å². The van der Waals surface area contributed by atoms with Crippen LogP contribution in [0.2, 0.25) is 5.02 Å². The Bertz CT molecular complexity index is 664. The second-order valence-electron chi connectivity index (χ2n) is 5.49. The van der Waals surface area contributed by atoms with E-state index in [1.807, 2.05) is 44.2 Å². The number of carbonyl (C=O) groups is 1. The molecule has 2 aromatic rings. The minimum atomic E-state index is -0.0981. The van der Waals surface area contributed by atoms with E-state index in [4.69, 9.17) is 16.3 Å². The fraction of sp³-hybridized carbons (Fsp3) is 0.316. The highest BCUT2D eigenvalue weighted by Gasteiger charge is 2.12. The van der Waals surface area contributed by atoms with E-state index in [0.717, 1.165) is 11.3 Å². The van der Waals surface area contributed by atoms with E-state index in [-0.39, 0.29) is 11.2 Å². The molecule has 0 heterocycles. The first-order valence-corrected chi connectivity index (χ1v) is 9.31. The summed E-state index contributed by atoms with van der Waals surface area (Å²) >= 11 is 7.68. The van der Waals surface area contributed by atoms with Crippen LogP contribution in [-0.2, 0) is 10.5 Å². The molecular formula is C19H22ClNO2S. The van der Waals surface area contributed by atoms with Crippen LogP contribution in [0.15, 0.2) is 48.5 Å². The summed E-state index contributed by atoms with van der Waals surface area (Å²) in [7, 11) is 0. The highest BCUT2D eigenvalue weighted by Crippen LogP contribution is 2.21. The van der Waals surface area contributed by atoms with Crippen LogP contribution in [0.5, 0.6) is 5.75 Å².